The van der Waals surface area contributed by atoms with Crippen molar-refractivity contribution in [1.82, 2.24) is 9.55 Å². The number of hydrogen-bond donors (Lipinski definition) is 1. The lowest BCUT2D eigenvalue weighted by Crippen LogP contribution is -2.42. The van der Waals surface area contributed by atoms with Crippen molar-refractivity contribution < 1.29 is 28.2 Å². The Morgan fingerprint density at radius 2 is 1.89 bits per heavy atom. The fraction of sp³-hybridized carbons (Fsp3) is 0.444. The number of halogens is 2. The van der Waals surface area contributed by atoms with Gasteiger partial charge in [0.1, 0.15) is 5.82 Å². The molecule has 9 heteroatoms. The summed E-state index contributed by atoms with van der Waals surface area (Å²) in [5.41, 5.74) is 3.55. The Hall–Kier alpha value is -3.49. The van der Waals surface area contributed by atoms with Crippen molar-refractivity contribution in [1.29, 1.82) is 0 Å². The highest BCUT2D eigenvalue weighted by Crippen LogP contribution is 2.40. The zero-order valence-corrected chi connectivity index (χ0v) is 20.3. The molecule has 1 saturated carbocycles. The zero-order chi connectivity index (χ0) is 25.6. The van der Waals surface area contributed by atoms with Crippen LogP contribution in [-0.2, 0) is 22.4 Å². The van der Waals surface area contributed by atoms with Crippen molar-refractivity contribution in [3.63, 3.8) is 0 Å². The van der Waals surface area contributed by atoms with Gasteiger partial charge in [-0.3, -0.25) is 9.69 Å². The fourth-order valence-electron chi connectivity index (χ4n) is 5.80. The van der Waals surface area contributed by atoms with Crippen molar-refractivity contribution >= 4 is 28.8 Å². The Balaban J connectivity index is 1.64. The SMILES string of the molecule is COC(=O)N1c2ccc3c(nc(CC(C(=O)O)c4ccc(F)c(F)c4)n3C3CCCC3)c2CC[C@@H]1C. The van der Waals surface area contributed by atoms with Crippen molar-refractivity contribution in [2.45, 2.75) is 69.9 Å². The summed E-state index contributed by atoms with van der Waals surface area (Å²) in [6, 6.07) is 7.26. The standard InChI is InChI=1S/C27H29F2N3O4/c1-15-7-9-18-22(31(15)27(35)36-2)11-12-23-25(18)30-24(32(23)17-5-3-4-6-17)14-19(26(33)34)16-8-10-20(28)21(29)13-16/h8,10-13,15,17,19H,3-7,9,14H2,1-2H3,(H,33,34)/t15-,19?/m0/s1. The van der Waals surface area contributed by atoms with Gasteiger partial charge in [-0.05, 0) is 62.4 Å². The molecule has 7 nitrogen and oxygen atoms in total. The average Bonchev–Trinajstić information content (AvgIpc) is 3.51. The third-order valence-corrected chi connectivity index (χ3v) is 7.62. The van der Waals surface area contributed by atoms with Gasteiger partial charge in [-0.2, -0.15) is 0 Å². The number of amides is 1. The van der Waals surface area contributed by atoms with Gasteiger partial charge in [0.05, 0.1) is 29.7 Å². The van der Waals surface area contributed by atoms with E-state index < -0.39 is 29.6 Å². The summed E-state index contributed by atoms with van der Waals surface area (Å²) >= 11 is 0. The summed E-state index contributed by atoms with van der Waals surface area (Å²) in [6.45, 7) is 1.98. The van der Waals surface area contributed by atoms with E-state index in [0.717, 1.165) is 72.9 Å². The van der Waals surface area contributed by atoms with E-state index in [1.54, 1.807) is 4.90 Å². The number of imidazole rings is 1. The van der Waals surface area contributed by atoms with E-state index in [4.69, 9.17) is 9.72 Å². The third kappa shape index (κ3) is 4.10. The second kappa shape index (κ2) is 9.52. The maximum Gasteiger partial charge on any atom is 0.414 e. The topological polar surface area (TPSA) is 84.7 Å². The molecule has 2 atom stereocenters. The fourth-order valence-corrected chi connectivity index (χ4v) is 5.80. The number of hydrogen-bond acceptors (Lipinski definition) is 4. The van der Waals surface area contributed by atoms with Gasteiger partial charge in [0.25, 0.3) is 0 Å². The van der Waals surface area contributed by atoms with Crippen LogP contribution in [-0.4, -0.2) is 39.9 Å². The number of carboxylic acid groups (broad SMARTS) is 1. The van der Waals surface area contributed by atoms with Gasteiger partial charge in [0, 0.05) is 24.1 Å². The number of methoxy groups -OCH3 is 1. The normalized spacial score (nSPS) is 18.9. The van der Waals surface area contributed by atoms with Gasteiger partial charge in [-0.15, -0.1) is 0 Å². The number of aromatic nitrogens is 2. The summed E-state index contributed by atoms with van der Waals surface area (Å²) in [5.74, 6) is -3.70. The molecule has 1 fully saturated rings. The lowest BCUT2D eigenvalue weighted by molar-refractivity contribution is -0.138. The number of rotatable bonds is 5. The molecule has 0 bridgehead atoms. The van der Waals surface area contributed by atoms with Gasteiger partial charge < -0.3 is 14.4 Å². The number of carbonyl (C=O) groups is 2. The molecule has 1 aliphatic carbocycles. The van der Waals surface area contributed by atoms with Crippen LogP contribution in [0.25, 0.3) is 11.0 Å². The average molecular weight is 498 g/mol. The molecular weight excluding hydrogens is 468 g/mol. The number of ether oxygens (including phenoxy) is 1. The number of benzene rings is 2. The molecule has 2 aromatic carbocycles. The molecule has 0 saturated heterocycles. The van der Waals surface area contributed by atoms with Crippen LogP contribution in [0.2, 0.25) is 0 Å². The van der Waals surface area contributed by atoms with E-state index in [-0.39, 0.29) is 24.1 Å². The van der Waals surface area contributed by atoms with E-state index in [1.165, 1.54) is 13.2 Å². The second-order valence-electron chi connectivity index (χ2n) is 9.76. The number of carboxylic acids is 1. The third-order valence-electron chi connectivity index (χ3n) is 7.62. The minimum absolute atomic E-state index is 0.0245. The van der Waals surface area contributed by atoms with E-state index in [2.05, 4.69) is 4.57 Å². The highest BCUT2D eigenvalue weighted by atomic mass is 19.2. The lowest BCUT2D eigenvalue weighted by Gasteiger charge is -2.34. The highest BCUT2D eigenvalue weighted by molar-refractivity contribution is 5.95. The van der Waals surface area contributed by atoms with E-state index >= 15 is 0 Å². The first-order valence-electron chi connectivity index (χ1n) is 12.4. The zero-order valence-electron chi connectivity index (χ0n) is 20.3. The molecular formula is C27H29F2N3O4. The number of nitrogens with zero attached hydrogens (tertiary/aromatic N) is 3. The molecule has 1 aliphatic heterocycles. The van der Waals surface area contributed by atoms with Crippen molar-refractivity contribution in [3.8, 4) is 0 Å². The van der Waals surface area contributed by atoms with E-state index in [9.17, 15) is 23.5 Å². The van der Waals surface area contributed by atoms with Crippen LogP contribution in [0.3, 0.4) is 0 Å². The minimum Gasteiger partial charge on any atom is -0.481 e. The number of fused-ring (bicyclic) bond motifs is 3. The molecule has 2 heterocycles. The minimum atomic E-state index is -1.13. The quantitative estimate of drug-likeness (QED) is 0.485. The monoisotopic (exact) mass is 497 g/mol. The smallest absolute Gasteiger partial charge is 0.414 e. The Labute approximate surface area is 207 Å². The Morgan fingerprint density at radius 3 is 2.56 bits per heavy atom. The number of aryl methyl sites for hydroxylation is 1. The van der Waals surface area contributed by atoms with Crippen molar-refractivity contribution in [3.05, 3.63) is 58.9 Å². The van der Waals surface area contributed by atoms with Crippen LogP contribution in [0.1, 0.15) is 67.9 Å². The molecule has 1 unspecified atom stereocenters. The van der Waals surface area contributed by atoms with Gasteiger partial charge in [0.2, 0.25) is 0 Å². The van der Waals surface area contributed by atoms with Gasteiger partial charge in [0.15, 0.2) is 11.6 Å². The first-order valence-corrected chi connectivity index (χ1v) is 12.4. The number of aliphatic carboxylic acids is 1. The van der Waals surface area contributed by atoms with Crippen LogP contribution >= 0.6 is 0 Å². The molecule has 0 spiro atoms. The molecule has 2 aliphatic rings. The van der Waals surface area contributed by atoms with E-state index in [1.807, 2.05) is 19.1 Å². The highest BCUT2D eigenvalue weighted by Gasteiger charge is 2.33. The Bertz CT molecular complexity index is 1330. The number of carbonyl (C=O) groups excluding carboxylic acids is 1. The summed E-state index contributed by atoms with van der Waals surface area (Å²) in [7, 11) is 1.36. The van der Waals surface area contributed by atoms with Crippen LogP contribution in [0.4, 0.5) is 19.3 Å². The predicted molar refractivity (Wildman–Crippen MR) is 130 cm³/mol. The summed E-state index contributed by atoms with van der Waals surface area (Å²) < 4.78 is 34.6. The summed E-state index contributed by atoms with van der Waals surface area (Å²) in [4.78, 5) is 31.4. The van der Waals surface area contributed by atoms with Crippen LogP contribution in [0, 0.1) is 11.6 Å². The molecule has 190 valence electrons. The molecule has 36 heavy (non-hydrogen) atoms. The van der Waals surface area contributed by atoms with Crippen molar-refractivity contribution in [2.24, 2.45) is 0 Å². The molecule has 1 N–H and O–H groups in total. The Kier molecular flexibility index (Phi) is 6.40. The molecule has 1 aromatic heterocycles. The molecule has 1 amide bonds. The van der Waals surface area contributed by atoms with Crippen LogP contribution < -0.4 is 4.90 Å². The van der Waals surface area contributed by atoms with Gasteiger partial charge in [-0.25, -0.2) is 18.6 Å². The van der Waals surface area contributed by atoms with Crippen LogP contribution in [0.5, 0.6) is 0 Å². The van der Waals surface area contributed by atoms with Gasteiger partial charge in [-0.1, -0.05) is 18.9 Å². The molecule has 5 rings (SSSR count). The van der Waals surface area contributed by atoms with Crippen LogP contribution in [0.15, 0.2) is 30.3 Å². The van der Waals surface area contributed by atoms with E-state index in [0.29, 0.717) is 5.82 Å². The van der Waals surface area contributed by atoms with Gasteiger partial charge >= 0.3 is 12.1 Å². The largest absolute Gasteiger partial charge is 0.481 e. The Morgan fingerprint density at radius 1 is 1.14 bits per heavy atom. The predicted octanol–water partition coefficient (Wildman–Crippen LogP) is 5.75. The summed E-state index contributed by atoms with van der Waals surface area (Å²) in [6.07, 6.45) is 5.17. The molecule has 3 aromatic rings. The maximum atomic E-state index is 14.0. The van der Waals surface area contributed by atoms with Crippen molar-refractivity contribution in [2.75, 3.05) is 12.0 Å². The second-order valence-corrected chi connectivity index (χ2v) is 9.76. The molecule has 0 radical (unpaired) electrons. The number of anilines is 1. The summed E-state index contributed by atoms with van der Waals surface area (Å²) in [5, 5.41) is 10.0. The first-order chi connectivity index (χ1) is 17.3. The maximum absolute atomic E-state index is 14.0. The first kappa shape index (κ1) is 24.2. The lowest BCUT2D eigenvalue weighted by atomic mass is 9.95.